The molecule has 11 heteroatoms. The van der Waals surface area contributed by atoms with Crippen LogP contribution in [0.2, 0.25) is 0 Å². The number of carbonyl (C=O) groups is 4. The number of carbonyl (C=O) groups excluding carboxylic acids is 4. The molecule has 39 heavy (non-hydrogen) atoms. The first-order chi connectivity index (χ1) is 18.5. The highest BCUT2D eigenvalue weighted by Crippen LogP contribution is 2.41. The van der Waals surface area contributed by atoms with Gasteiger partial charge in [0.25, 0.3) is 0 Å². The molecule has 0 aliphatic carbocycles. The van der Waals surface area contributed by atoms with Crippen LogP contribution in [0, 0.1) is 0 Å². The van der Waals surface area contributed by atoms with Gasteiger partial charge < -0.3 is 19.3 Å². The minimum absolute atomic E-state index is 0.0955. The van der Waals surface area contributed by atoms with Crippen molar-refractivity contribution in [3.05, 3.63) is 72.3 Å². The molecule has 2 N–H and O–H groups in total. The van der Waals surface area contributed by atoms with Gasteiger partial charge in [-0.2, -0.15) is 5.12 Å². The van der Waals surface area contributed by atoms with Gasteiger partial charge in [0.15, 0.2) is 0 Å². The predicted octanol–water partition coefficient (Wildman–Crippen LogP) is 3.59. The van der Waals surface area contributed by atoms with E-state index in [-0.39, 0.29) is 35.0 Å². The van der Waals surface area contributed by atoms with Crippen molar-refractivity contribution in [2.24, 2.45) is 0 Å². The summed E-state index contributed by atoms with van der Waals surface area (Å²) in [7, 11) is 0. The van der Waals surface area contributed by atoms with Gasteiger partial charge in [-0.1, -0.05) is 31.4 Å². The number of Topliss-reactive ketones (excluding diaryl/α,β-unsaturated/α-hetero) is 1. The summed E-state index contributed by atoms with van der Waals surface area (Å²) < 4.78 is 16.1. The lowest BCUT2D eigenvalue weighted by atomic mass is 10.1. The van der Waals surface area contributed by atoms with Crippen LogP contribution in [0.4, 0.5) is 17.1 Å². The first-order valence-electron chi connectivity index (χ1n) is 12.1. The second-order valence-corrected chi connectivity index (χ2v) is 8.98. The average Bonchev–Trinajstić information content (AvgIpc) is 3.26. The Hall–Kier alpha value is -4.80. The second kappa shape index (κ2) is 12.6. The normalized spacial score (nSPS) is 12.6. The molecule has 1 atom stereocenters. The van der Waals surface area contributed by atoms with Gasteiger partial charge in [0.1, 0.15) is 30.2 Å². The van der Waals surface area contributed by atoms with E-state index < -0.39 is 37.2 Å². The Balaban J connectivity index is 1.95. The van der Waals surface area contributed by atoms with E-state index in [4.69, 9.17) is 14.2 Å². The number of hydrogen-bond acceptors (Lipinski definition) is 11. The molecule has 0 saturated carbocycles. The van der Waals surface area contributed by atoms with E-state index in [1.807, 2.05) is 0 Å². The lowest BCUT2D eigenvalue weighted by Gasteiger charge is -2.36. The third-order valence-electron chi connectivity index (χ3n) is 5.48. The molecule has 0 aromatic heterocycles. The maximum atomic E-state index is 12.6. The molecule has 0 amide bonds. The Kier molecular flexibility index (Phi) is 9.32. The van der Waals surface area contributed by atoms with Gasteiger partial charge in [-0.3, -0.25) is 15.0 Å². The smallest absolute Gasteiger partial charge is 0.335 e. The van der Waals surface area contributed by atoms with Gasteiger partial charge >= 0.3 is 17.9 Å². The largest absolute Gasteiger partial charge is 0.506 e. The number of anilines is 3. The number of esters is 3. The fourth-order valence-electron chi connectivity index (χ4n) is 3.58. The molecule has 0 spiro atoms. The van der Waals surface area contributed by atoms with Crippen LogP contribution in [-0.4, -0.2) is 48.2 Å². The predicted molar refractivity (Wildman–Crippen MR) is 144 cm³/mol. The van der Waals surface area contributed by atoms with E-state index in [1.165, 1.54) is 30.0 Å². The Bertz CT molecular complexity index is 1310. The third kappa shape index (κ3) is 7.37. The maximum Gasteiger partial charge on any atom is 0.335 e. The highest BCUT2D eigenvalue weighted by atomic mass is 16.6. The Labute approximate surface area is 226 Å². The van der Waals surface area contributed by atoms with Gasteiger partial charge in [0.2, 0.25) is 6.23 Å². The number of nitrogens with one attached hydrogen (secondary N) is 1. The number of hydrogen-bond donors (Lipinski definition) is 2. The molecule has 1 aliphatic rings. The average molecular weight is 538 g/mol. The van der Waals surface area contributed by atoms with Crippen molar-refractivity contribution in [3.63, 3.8) is 0 Å². The van der Waals surface area contributed by atoms with Crippen molar-refractivity contribution < 1.29 is 38.5 Å². The monoisotopic (exact) mass is 537 g/mol. The van der Waals surface area contributed by atoms with Crippen molar-refractivity contribution in [1.82, 2.24) is 0 Å². The minimum atomic E-state index is -1.21. The summed E-state index contributed by atoms with van der Waals surface area (Å²) >= 11 is 0. The fourth-order valence-corrected chi connectivity index (χ4v) is 3.58. The molecular weight excluding hydrogens is 506 g/mol. The first-order valence-corrected chi connectivity index (χ1v) is 12.1. The molecular formula is C28H31N3O8. The number of para-hydroxylation sites is 2. The summed E-state index contributed by atoms with van der Waals surface area (Å²) in [6.07, 6.45) is -1.29. The summed E-state index contributed by atoms with van der Waals surface area (Å²) in [6.45, 7) is 11.1. The van der Waals surface area contributed by atoms with Crippen molar-refractivity contribution in [1.29, 1.82) is 0 Å². The van der Waals surface area contributed by atoms with Crippen molar-refractivity contribution in [2.75, 3.05) is 28.8 Å². The summed E-state index contributed by atoms with van der Waals surface area (Å²) in [5.74, 6) is -2.50. The first kappa shape index (κ1) is 28.8. The van der Waals surface area contributed by atoms with Crippen molar-refractivity contribution in [2.45, 2.75) is 39.8 Å². The topological polar surface area (TPSA) is 135 Å². The fraction of sp³-hybridized carbons (Fsp3) is 0.286. The molecule has 11 nitrogen and oxygen atoms in total. The zero-order valence-electron chi connectivity index (χ0n) is 22.1. The maximum absolute atomic E-state index is 12.6. The molecule has 0 saturated heterocycles. The molecule has 0 bridgehead atoms. The van der Waals surface area contributed by atoms with Gasteiger partial charge in [-0.15, -0.1) is 0 Å². The lowest BCUT2D eigenvalue weighted by Crippen LogP contribution is -2.52. The second-order valence-electron chi connectivity index (χ2n) is 8.98. The number of phenolic OH excluding ortho intramolecular Hbond substituents is 1. The van der Waals surface area contributed by atoms with Gasteiger partial charge in [-0.05, 0) is 50.6 Å². The lowest BCUT2D eigenvalue weighted by molar-refractivity contribution is -0.157. The highest BCUT2D eigenvalue weighted by molar-refractivity contribution is 5.94. The van der Waals surface area contributed by atoms with Crippen LogP contribution in [-0.2, 0) is 39.8 Å². The molecule has 1 aliphatic heterocycles. The molecule has 0 fully saturated rings. The zero-order valence-corrected chi connectivity index (χ0v) is 22.1. The van der Waals surface area contributed by atoms with Crippen LogP contribution in [0.1, 0.15) is 32.8 Å². The number of ether oxygens (including phenoxy) is 3. The summed E-state index contributed by atoms with van der Waals surface area (Å²) in [5.41, 5.74) is 5.75. The number of hydrazine groups is 2. The van der Waals surface area contributed by atoms with Crippen LogP contribution < -0.4 is 15.6 Å². The van der Waals surface area contributed by atoms with E-state index in [9.17, 15) is 24.3 Å². The molecule has 3 rings (SSSR count). The molecule has 2 aromatic rings. The highest BCUT2D eigenvalue weighted by Gasteiger charge is 2.37. The third-order valence-corrected chi connectivity index (χ3v) is 5.48. The van der Waals surface area contributed by atoms with Crippen LogP contribution in [0.5, 0.6) is 5.75 Å². The van der Waals surface area contributed by atoms with Crippen LogP contribution in [0.3, 0.4) is 0 Å². The minimum Gasteiger partial charge on any atom is -0.506 e. The number of benzene rings is 2. The number of nitrogens with zero attached hydrogens (tertiary/aromatic N) is 2. The summed E-state index contributed by atoms with van der Waals surface area (Å²) in [6, 6.07) is 11.9. The van der Waals surface area contributed by atoms with Crippen molar-refractivity contribution >= 4 is 40.8 Å². The van der Waals surface area contributed by atoms with Crippen LogP contribution in [0.25, 0.3) is 0 Å². The van der Waals surface area contributed by atoms with Crippen LogP contribution >= 0.6 is 0 Å². The Morgan fingerprint density at radius 3 is 2.31 bits per heavy atom. The standard InChI is InChI=1S/C28H31N3O8/c1-17(2)27(35)37-13-12-20-10-11-24(33)23(15-20)31-29-21-8-6-7-9-22(21)30(31)25(39-28(36)18(3)4)16-38-26(34)14-19(5)32/h6-11,15,25,29,33H,1,3,12-14,16H2,2,4-5H3. The van der Waals surface area contributed by atoms with Gasteiger partial charge in [0, 0.05) is 17.6 Å². The van der Waals surface area contributed by atoms with Crippen molar-refractivity contribution in [3.8, 4) is 5.75 Å². The number of aromatic hydroxyl groups is 1. The Morgan fingerprint density at radius 1 is 0.949 bits per heavy atom. The van der Waals surface area contributed by atoms with E-state index >= 15 is 0 Å². The quantitative estimate of drug-likeness (QED) is 0.178. The van der Waals surface area contributed by atoms with E-state index in [2.05, 4.69) is 18.6 Å². The molecule has 1 unspecified atom stereocenters. The SMILES string of the molecule is C=C(C)C(=O)OCCc1ccc(O)c(N2Nc3ccccc3N2C(COC(=O)CC(C)=O)OC(=O)C(=C)C)c1. The number of rotatable bonds is 12. The van der Waals surface area contributed by atoms with E-state index in [1.54, 1.807) is 43.3 Å². The molecule has 0 radical (unpaired) electrons. The van der Waals surface area contributed by atoms with E-state index in [0.717, 1.165) is 5.56 Å². The number of phenols is 1. The molecule has 1 heterocycles. The van der Waals surface area contributed by atoms with Gasteiger partial charge in [0.05, 0.1) is 18.0 Å². The Morgan fingerprint density at radius 2 is 1.64 bits per heavy atom. The molecule has 206 valence electrons. The van der Waals surface area contributed by atoms with E-state index in [0.29, 0.717) is 17.8 Å². The number of ketones is 1. The molecule has 2 aromatic carbocycles. The van der Waals surface area contributed by atoms with Gasteiger partial charge in [-0.25, -0.2) is 14.6 Å². The summed E-state index contributed by atoms with van der Waals surface area (Å²) in [5, 5.41) is 13.8. The zero-order chi connectivity index (χ0) is 28.7. The number of fused-ring (bicyclic) bond motifs is 1. The summed E-state index contributed by atoms with van der Waals surface area (Å²) in [4.78, 5) is 47.8. The van der Waals surface area contributed by atoms with Crippen LogP contribution in [0.15, 0.2) is 66.8 Å².